The third-order valence-electron chi connectivity index (χ3n) is 1.93. The number of hydrogen-bond donors (Lipinski definition) is 0. The Morgan fingerprint density at radius 1 is 1.30 bits per heavy atom. The second kappa shape index (κ2) is 6.83. The van der Waals surface area contributed by atoms with Gasteiger partial charge in [-0.25, -0.2) is 13.4 Å². The molecule has 0 fully saturated rings. The van der Waals surface area contributed by atoms with Crippen LogP contribution < -0.4 is 4.52 Å². The smallest absolute Gasteiger partial charge is 0.347 e. The number of halogens is 1. The maximum absolute atomic E-state index is 12.7. The maximum atomic E-state index is 12.7. The van der Waals surface area contributed by atoms with Crippen LogP contribution in [0.5, 0.6) is 5.75 Å². The summed E-state index contributed by atoms with van der Waals surface area (Å²) in [5.41, 5.74) is 0. The van der Waals surface area contributed by atoms with E-state index in [1.165, 1.54) is 12.1 Å². The van der Waals surface area contributed by atoms with E-state index in [1.807, 2.05) is 0 Å². The number of carbonyl (C=O) groups excluding carboxylic acids is 1. The highest BCUT2D eigenvalue weighted by atomic mass is 32.2. The van der Waals surface area contributed by atoms with Gasteiger partial charge in [-0.3, -0.25) is 4.57 Å². The minimum Gasteiger partial charge on any atom is -0.467 e. The normalized spacial score (nSPS) is 14.3. The lowest BCUT2D eigenvalue weighted by molar-refractivity contribution is -0.144. The predicted octanol–water partition coefficient (Wildman–Crippen LogP) is 1.15. The highest BCUT2D eigenvalue weighted by Gasteiger charge is 2.32. The summed E-state index contributed by atoms with van der Waals surface area (Å²) in [4.78, 5) is 11.3. The van der Waals surface area contributed by atoms with Crippen molar-refractivity contribution in [2.45, 2.75) is 5.85 Å². The van der Waals surface area contributed by atoms with Crippen molar-refractivity contribution < 1.29 is 35.6 Å². The van der Waals surface area contributed by atoms with E-state index < -0.39 is 35.8 Å². The van der Waals surface area contributed by atoms with Crippen LogP contribution in [0.4, 0.5) is 4.39 Å². The molecular formula is C10H12FO7PS. The highest BCUT2D eigenvalue weighted by molar-refractivity contribution is 7.86. The van der Waals surface area contributed by atoms with Crippen LogP contribution in [-0.2, 0) is 28.4 Å². The molecule has 1 aromatic carbocycles. The summed E-state index contributed by atoms with van der Waals surface area (Å²) in [6, 6.07) is 4.45. The molecule has 2 atom stereocenters. The fourth-order valence-corrected chi connectivity index (χ4v) is 3.18. The molecule has 0 radical (unpaired) electrons. The van der Waals surface area contributed by atoms with E-state index >= 15 is 0 Å². The van der Waals surface area contributed by atoms with Gasteiger partial charge in [0, 0.05) is 0 Å². The molecule has 112 valence electrons. The summed E-state index contributed by atoms with van der Waals surface area (Å²) in [7, 11) is -6.34. The molecule has 0 aliphatic heterocycles. The zero-order valence-electron chi connectivity index (χ0n) is 10.5. The minimum atomic E-state index is -4.04. The van der Waals surface area contributed by atoms with Gasteiger partial charge in [-0.15, -0.1) is 0 Å². The zero-order chi connectivity index (χ0) is 15.3. The molecule has 0 amide bonds. The van der Waals surface area contributed by atoms with Gasteiger partial charge < -0.3 is 9.26 Å². The van der Waals surface area contributed by atoms with Gasteiger partial charge in [-0.2, -0.15) is 8.42 Å². The van der Waals surface area contributed by atoms with E-state index in [9.17, 15) is 22.2 Å². The van der Waals surface area contributed by atoms with Crippen molar-refractivity contribution in [1.82, 2.24) is 0 Å². The van der Waals surface area contributed by atoms with Crippen LogP contribution in [0.25, 0.3) is 0 Å². The van der Waals surface area contributed by atoms with Crippen molar-refractivity contribution in [3.05, 3.63) is 30.1 Å². The number of carbonyl (C=O) groups is 1. The first-order valence-electron chi connectivity index (χ1n) is 5.16. The summed E-state index contributed by atoms with van der Waals surface area (Å²) in [6.07, 6.45) is 0.690. The summed E-state index contributed by atoms with van der Waals surface area (Å²) >= 11 is 0. The molecule has 0 bridgehead atoms. The van der Waals surface area contributed by atoms with Gasteiger partial charge in [0.05, 0.1) is 13.4 Å². The van der Waals surface area contributed by atoms with Gasteiger partial charge in [0.2, 0.25) is 0 Å². The molecular weight excluding hydrogens is 314 g/mol. The minimum absolute atomic E-state index is 0.00120. The lowest BCUT2D eigenvalue weighted by Gasteiger charge is -2.14. The summed E-state index contributed by atoms with van der Waals surface area (Å²) in [5.74, 6) is -3.58. The average molecular weight is 326 g/mol. The summed E-state index contributed by atoms with van der Waals surface area (Å²) in [6.45, 7) is 0. The second-order valence-corrected chi connectivity index (χ2v) is 6.55. The predicted molar refractivity (Wildman–Crippen MR) is 67.8 cm³/mol. The third kappa shape index (κ3) is 5.28. The van der Waals surface area contributed by atoms with E-state index in [0.29, 0.717) is 6.26 Å². The highest BCUT2D eigenvalue weighted by Crippen LogP contribution is 2.34. The quantitative estimate of drug-likeness (QED) is 0.439. The average Bonchev–Trinajstić information content (AvgIpc) is 2.36. The molecule has 7 nitrogen and oxygen atoms in total. The van der Waals surface area contributed by atoms with Gasteiger partial charge in [0.1, 0.15) is 11.6 Å². The number of ether oxygens (including phenoxy) is 1. The lowest BCUT2D eigenvalue weighted by Crippen LogP contribution is -2.26. The summed E-state index contributed by atoms with van der Waals surface area (Å²) < 4.78 is 60.1. The number of methoxy groups -OCH3 is 1. The molecule has 10 heteroatoms. The molecule has 1 aromatic rings. The van der Waals surface area contributed by atoms with Gasteiger partial charge >= 0.3 is 5.97 Å². The molecule has 0 saturated carbocycles. The molecule has 1 rings (SSSR count). The van der Waals surface area contributed by atoms with E-state index in [0.717, 1.165) is 19.2 Å². The Morgan fingerprint density at radius 3 is 2.30 bits per heavy atom. The van der Waals surface area contributed by atoms with Crippen molar-refractivity contribution in [3.8, 4) is 5.75 Å². The Bertz CT molecular complexity index is 599. The first-order valence-corrected chi connectivity index (χ1v) is 8.37. The van der Waals surface area contributed by atoms with Crippen molar-refractivity contribution in [1.29, 1.82) is 0 Å². The maximum Gasteiger partial charge on any atom is 0.347 e. The van der Waals surface area contributed by atoms with Crippen LogP contribution in [0.15, 0.2) is 24.3 Å². The Labute approximate surface area is 115 Å². The number of rotatable bonds is 6. The van der Waals surface area contributed by atoms with E-state index in [-0.39, 0.29) is 5.75 Å². The van der Waals surface area contributed by atoms with Crippen LogP contribution in [0, 0.1) is 5.82 Å². The molecule has 2 unspecified atom stereocenters. The van der Waals surface area contributed by atoms with Crippen molar-refractivity contribution in [2.75, 3.05) is 13.4 Å². The molecule has 20 heavy (non-hydrogen) atoms. The molecule has 0 N–H and O–H groups in total. The van der Waals surface area contributed by atoms with E-state index in [1.54, 1.807) is 0 Å². The Balaban J connectivity index is 2.88. The molecule has 0 aromatic heterocycles. The molecule has 0 aliphatic rings. The van der Waals surface area contributed by atoms with Crippen LogP contribution in [-0.4, -0.2) is 33.6 Å². The first kappa shape index (κ1) is 16.6. The van der Waals surface area contributed by atoms with Crippen LogP contribution in [0.3, 0.4) is 0 Å². The molecule has 0 heterocycles. The monoisotopic (exact) mass is 326 g/mol. The topological polar surface area (TPSA) is 96.0 Å². The van der Waals surface area contributed by atoms with E-state index in [4.69, 9.17) is 4.52 Å². The zero-order valence-corrected chi connectivity index (χ0v) is 12.3. The second-order valence-electron chi connectivity index (χ2n) is 3.58. The van der Waals surface area contributed by atoms with Gasteiger partial charge in [0.15, 0.2) is 0 Å². The van der Waals surface area contributed by atoms with Crippen LogP contribution >= 0.6 is 8.03 Å². The van der Waals surface area contributed by atoms with Crippen molar-refractivity contribution in [3.63, 3.8) is 0 Å². The van der Waals surface area contributed by atoms with Gasteiger partial charge in [0.25, 0.3) is 24.0 Å². The SMILES string of the molecule is COC(=O)C(OS(C)(=O)=O)[PH](=O)Oc1ccc(F)cc1. The number of hydrogen-bond acceptors (Lipinski definition) is 7. The summed E-state index contributed by atoms with van der Waals surface area (Å²) in [5, 5.41) is 0. The fraction of sp³-hybridized carbons (Fsp3) is 0.300. The molecule has 0 aliphatic carbocycles. The van der Waals surface area contributed by atoms with Crippen LogP contribution in [0.2, 0.25) is 0 Å². The fourth-order valence-electron chi connectivity index (χ4n) is 1.13. The molecule has 0 saturated heterocycles. The standard InChI is InChI=1S/C10H12FO7PS/c1-16-9(12)10(18-20(2,14)15)19(13)17-8-5-3-7(11)4-6-8/h3-6,10,19H,1-2H3. The first-order chi connectivity index (χ1) is 9.23. The Kier molecular flexibility index (Phi) is 5.67. The van der Waals surface area contributed by atoms with Crippen molar-refractivity contribution in [2.24, 2.45) is 0 Å². The van der Waals surface area contributed by atoms with Gasteiger partial charge in [-0.1, -0.05) is 0 Å². The number of esters is 1. The molecule has 0 spiro atoms. The van der Waals surface area contributed by atoms with E-state index in [2.05, 4.69) is 8.92 Å². The Morgan fingerprint density at radius 2 is 1.85 bits per heavy atom. The Hall–Kier alpha value is -1.44. The number of benzene rings is 1. The third-order valence-corrected chi connectivity index (χ3v) is 3.86. The largest absolute Gasteiger partial charge is 0.467 e. The van der Waals surface area contributed by atoms with Gasteiger partial charge in [-0.05, 0) is 24.3 Å². The van der Waals surface area contributed by atoms with Crippen molar-refractivity contribution >= 4 is 24.1 Å². The van der Waals surface area contributed by atoms with Crippen LogP contribution in [0.1, 0.15) is 0 Å². The lowest BCUT2D eigenvalue weighted by atomic mass is 10.3.